The summed E-state index contributed by atoms with van der Waals surface area (Å²) in [7, 11) is 1.96. The van der Waals surface area contributed by atoms with Crippen LogP contribution in [0.5, 0.6) is 0 Å². The van der Waals surface area contributed by atoms with E-state index in [1.807, 2.05) is 23.7 Å². The first kappa shape index (κ1) is 15.2. The van der Waals surface area contributed by atoms with Crippen LogP contribution in [0.1, 0.15) is 21.5 Å². The largest absolute Gasteiger partial charge is 0.319 e. The lowest BCUT2D eigenvalue weighted by Crippen LogP contribution is -2.13. The predicted octanol–water partition coefficient (Wildman–Crippen LogP) is 4.21. The Balaban J connectivity index is 1.85. The van der Waals surface area contributed by atoms with Gasteiger partial charge in [-0.1, -0.05) is 17.4 Å². The molecule has 4 rings (SSSR count). The molecule has 2 heterocycles. The second-order valence-electron chi connectivity index (χ2n) is 5.75. The summed E-state index contributed by atoms with van der Waals surface area (Å²) in [5, 5.41) is 0. The van der Waals surface area contributed by atoms with E-state index in [0.29, 0.717) is 10.4 Å². The Hall–Kier alpha value is -2.31. The summed E-state index contributed by atoms with van der Waals surface area (Å²) >= 11 is 3.07. The van der Waals surface area contributed by atoms with Crippen LogP contribution < -0.4 is 4.80 Å². The standard InChI is InChI=1S/C18H15N3OS2/c1-10-4-7-14-16(11(10)2)21(3)18(24-14)20-17(22)12-5-6-13-15(8-12)23-9-19-13/h4-9H,1-3H3. The van der Waals surface area contributed by atoms with Crippen molar-refractivity contribution in [3.8, 4) is 0 Å². The summed E-state index contributed by atoms with van der Waals surface area (Å²) in [6, 6.07) is 9.72. The Morgan fingerprint density at radius 2 is 2.00 bits per heavy atom. The van der Waals surface area contributed by atoms with Gasteiger partial charge in [0.25, 0.3) is 5.91 Å². The third-order valence-corrected chi connectivity index (χ3v) is 6.15. The van der Waals surface area contributed by atoms with Gasteiger partial charge in [-0.3, -0.25) is 4.79 Å². The van der Waals surface area contributed by atoms with Crippen molar-refractivity contribution < 1.29 is 4.79 Å². The fraction of sp³-hybridized carbons (Fsp3) is 0.167. The van der Waals surface area contributed by atoms with Gasteiger partial charge in [0.15, 0.2) is 4.80 Å². The quantitative estimate of drug-likeness (QED) is 0.515. The molecule has 0 saturated carbocycles. The molecule has 4 nitrogen and oxygen atoms in total. The van der Waals surface area contributed by atoms with Crippen molar-refractivity contribution in [1.29, 1.82) is 0 Å². The first-order valence-corrected chi connectivity index (χ1v) is 9.22. The maximum absolute atomic E-state index is 12.6. The van der Waals surface area contributed by atoms with E-state index >= 15 is 0 Å². The second-order valence-corrected chi connectivity index (χ2v) is 7.65. The number of aryl methyl sites for hydroxylation is 3. The molecule has 0 unspecified atom stereocenters. The van der Waals surface area contributed by atoms with Crippen molar-refractivity contribution in [3.63, 3.8) is 0 Å². The topological polar surface area (TPSA) is 47.2 Å². The van der Waals surface area contributed by atoms with Gasteiger partial charge in [0.05, 0.1) is 25.9 Å². The van der Waals surface area contributed by atoms with Crippen LogP contribution in [0, 0.1) is 13.8 Å². The molecule has 0 aliphatic carbocycles. The molecule has 0 radical (unpaired) electrons. The summed E-state index contributed by atoms with van der Waals surface area (Å²) in [4.78, 5) is 21.9. The van der Waals surface area contributed by atoms with Crippen LogP contribution in [0.4, 0.5) is 0 Å². The van der Waals surface area contributed by atoms with Crippen LogP contribution in [-0.4, -0.2) is 15.5 Å². The lowest BCUT2D eigenvalue weighted by atomic mass is 10.1. The molecule has 0 saturated heterocycles. The maximum atomic E-state index is 12.6. The van der Waals surface area contributed by atoms with Crippen molar-refractivity contribution in [3.05, 3.63) is 57.3 Å². The molecule has 0 fully saturated rings. The summed E-state index contributed by atoms with van der Waals surface area (Å²) in [5.41, 5.74) is 6.90. The van der Waals surface area contributed by atoms with E-state index in [1.54, 1.807) is 22.9 Å². The highest BCUT2D eigenvalue weighted by Crippen LogP contribution is 2.23. The number of carbonyl (C=O) groups excluding carboxylic acids is 1. The van der Waals surface area contributed by atoms with Gasteiger partial charge < -0.3 is 4.57 Å². The molecule has 0 N–H and O–H groups in total. The minimum atomic E-state index is -0.221. The molecule has 1 amide bonds. The molecular weight excluding hydrogens is 338 g/mol. The van der Waals surface area contributed by atoms with Crippen LogP contribution in [0.3, 0.4) is 0 Å². The molecule has 2 aromatic heterocycles. The Morgan fingerprint density at radius 1 is 1.17 bits per heavy atom. The predicted molar refractivity (Wildman–Crippen MR) is 99.8 cm³/mol. The van der Waals surface area contributed by atoms with Crippen molar-refractivity contribution >= 4 is 49.0 Å². The van der Waals surface area contributed by atoms with E-state index in [1.165, 1.54) is 22.5 Å². The number of fused-ring (bicyclic) bond motifs is 2. The summed E-state index contributed by atoms with van der Waals surface area (Å²) in [5.74, 6) is -0.221. The minimum Gasteiger partial charge on any atom is -0.319 e. The zero-order valence-corrected chi connectivity index (χ0v) is 15.2. The highest BCUT2D eigenvalue weighted by molar-refractivity contribution is 7.17. The maximum Gasteiger partial charge on any atom is 0.279 e. The number of aromatic nitrogens is 2. The zero-order chi connectivity index (χ0) is 16.8. The average Bonchev–Trinajstić information content (AvgIpc) is 3.15. The number of thiazole rings is 2. The Labute approximate surface area is 146 Å². The molecule has 120 valence electrons. The number of hydrogen-bond acceptors (Lipinski definition) is 4. The Kier molecular flexibility index (Phi) is 3.58. The highest BCUT2D eigenvalue weighted by atomic mass is 32.1. The summed E-state index contributed by atoms with van der Waals surface area (Å²) < 4.78 is 4.15. The van der Waals surface area contributed by atoms with E-state index < -0.39 is 0 Å². The molecular formula is C18H15N3OS2. The van der Waals surface area contributed by atoms with E-state index in [2.05, 4.69) is 36.0 Å². The molecule has 6 heteroatoms. The number of hydrogen-bond donors (Lipinski definition) is 0. The third kappa shape index (κ3) is 2.39. The smallest absolute Gasteiger partial charge is 0.279 e. The number of amides is 1. The molecule has 0 bridgehead atoms. The monoisotopic (exact) mass is 353 g/mol. The minimum absolute atomic E-state index is 0.221. The van der Waals surface area contributed by atoms with Crippen LogP contribution >= 0.6 is 22.7 Å². The second kappa shape index (κ2) is 5.65. The number of benzene rings is 2. The third-order valence-electron chi connectivity index (χ3n) is 4.26. The molecule has 0 aliphatic heterocycles. The molecule has 0 spiro atoms. The van der Waals surface area contributed by atoms with Gasteiger partial charge in [0.2, 0.25) is 0 Å². The first-order valence-electron chi connectivity index (χ1n) is 7.52. The summed E-state index contributed by atoms with van der Waals surface area (Å²) in [6.45, 7) is 4.20. The Bertz CT molecular complexity index is 1160. The van der Waals surface area contributed by atoms with Gasteiger partial charge in [-0.05, 0) is 49.2 Å². The van der Waals surface area contributed by atoms with Gasteiger partial charge >= 0.3 is 0 Å². The van der Waals surface area contributed by atoms with E-state index in [9.17, 15) is 4.79 Å². The number of carbonyl (C=O) groups is 1. The lowest BCUT2D eigenvalue weighted by molar-refractivity contribution is 0.0998. The fourth-order valence-corrected chi connectivity index (χ4v) is 4.57. The van der Waals surface area contributed by atoms with E-state index in [4.69, 9.17) is 0 Å². The van der Waals surface area contributed by atoms with Gasteiger partial charge in [-0.25, -0.2) is 4.98 Å². The van der Waals surface area contributed by atoms with Crippen molar-refractivity contribution in [1.82, 2.24) is 9.55 Å². The zero-order valence-electron chi connectivity index (χ0n) is 13.5. The van der Waals surface area contributed by atoms with Gasteiger partial charge in [-0.15, -0.1) is 11.3 Å². The fourth-order valence-electron chi connectivity index (χ4n) is 2.78. The van der Waals surface area contributed by atoms with Crippen molar-refractivity contribution in [2.75, 3.05) is 0 Å². The van der Waals surface area contributed by atoms with Gasteiger partial charge in [0, 0.05) is 12.6 Å². The normalized spacial score (nSPS) is 12.4. The van der Waals surface area contributed by atoms with Crippen LogP contribution in [-0.2, 0) is 7.05 Å². The van der Waals surface area contributed by atoms with Crippen molar-refractivity contribution in [2.45, 2.75) is 13.8 Å². The number of nitrogens with zero attached hydrogens (tertiary/aromatic N) is 3. The van der Waals surface area contributed by atoms with Gasteiger partial charge in [0.1, 0.15) is 0 Å². The van der Waals surface area contributed by atoms with Crippen LogP contribution in [0.2, 0.25) is 0 Å². The summed E-state index contributed by atoms with van der Waals surface area (Å²) in [6.07, 6.45) is 0. The SMILES string of the molecule is Cc1ccc2sc(=NC(=O)c3ccc4ncsc4c3)n(C)c2c1C. The lowest BCUT2D eigenvalue weighted by Gasteiger charge is -2.03. The van der Waals surface area contributed by atoms with Crippen molar-refractivity contribution in [2.24, 2.45) is 12.0 Å². The average molecular weight is 353 g/mol. The van der Waals surface area contributed by atoms with Crippen LogP contribution in [0.25, 0.3) is 20.4 Å². The van der Waals surface area contributed by atoms with Gasteiger partial charge in [-0.2, -0.15) is 4.99 Å². The number of rotatable bonds is 1. The Morgan fingerprint density at radius 3 is 2.83 bits per heavy atom. The highest BCUT2D eigenvalue weighted by Gasteiger charge is 2.10. The van der Waals surface area contributed by atoms with E-state index in [0.717, 1.165) is 20.4 Å². The first-order chi connectivity index (χ1) is 11.5. The molecule has 2 aromatic carbocycles. The van der Waals surface area contributed by atoms with E-state index in [-0.39, 0.29) is 5.91 Å². The molecule has 0 atom stereocenters. The molecule has 4 aromatic rings. The molecule has 0 aliphatic rings. The molecule has 24 heavy (non-hydrogen) atoms. The van der Waals surface area contributed by atoms with Crippen LogP contribution in [0.15, 0.2) is 40.8 Å².